The van der Waals surface area contributed by atoms with Crippen LogP contribution in [0.5, 0.6) is 0 Å². The Morgan fingerprint density at radius 1 is 1.11 bits per heavy atom. The molecule has 19 heavy (non-hydrogen) atoms. The van der Waals surface area contributed by atoms with Gasteiger partial charge >= 0.3 is 0 Å². The van der Waals surface area contributed by atoms with Gasteiger partial charge < -0.3 is 5.73 Å². The number of rotatable bonds is 3. The van der Waals surface area contributed by atoms with Gasteiger partial charge in [-0.2, -0.15) is 0 Å². The first-order valence-corrected chi connectivity index (χ1v) is 7.09. The van der Waals surface area contributed by atoms with Gasteiger partial charge in [-0.05, 0) is 24.3 Å². The maximum absolute atomic E-state index is 13.5. The van der Waals surface area contributed by atoms with Crippen LogP contribution >= 0.6 is 11.6 Å². The second-order valence-electron chi connectivity index (χ2n) is 3.74. The first kappa shape index (κ1) is 13.6. The second kappa shape index (κ2) is 5.07. The lowest BCUT2D eigenvalue weighted by atomic mass is 10.3. The van der Waals surface area contributed by atoms with E-state index in [-0.39, 0.29) is 16.4 Å². The number of nitrogens with one attached hydrogen (secondary N) is 1. The van der Waals surface area contributed by atoms with Crippen molar-refractivity contribution in [3.8, 4) is 0 Å². The summed E-state index contributed by atoms with van der Waals surface area (Å²) in [6, 6.07) is 9.60. The zero-order chi connectivity index (χ0) is 14.0. The average molecular weight is 301 g/mol. The molecule has 7 heteroatoms. The largest absolute Gasteiger partial charge is 0.397 e. The highest BCUT2D eigenvalue weighted by Crippen LogP contribution is 2.30. The summed E-state index contributed by atoms with van der Waals surface area (Å²) in [5, 5.41) is 0.139. The fourth-order valence-electron chi connectivity index (χ4n) is 1.50. The van der Waals surface area contributed by atoms with Crippen LogP contribution < -0.4 is 10.5 Å². The van der Waals surface area contributed by atoms with E-state index in [1.165, 1.54) is 24.3 Å². The van der Waals surface area contributed by atoms with Crippen molar-refractivity contribution in [2.45, 2.75) is 4.90 Å². The highest BCUT2D eigenvalue weighted by molar-refractivity contribution is 7.92. The molecule has 100 valence electrons. The van der Waals surface area contributed by atoms with Gasteiger partial charge in [-0.1, -0.05) is 29.8 Å². The molecule has 0 saturated heterocycles. The Bertz CT molecular complexity index is 699. The van der Waals surface area contributed by atoms with Crippen molar-refractivity contribution in [2.24, 2.45) is 0 Å². The summed E-state index contributed by atoms with van der Waals surface area (Å²) in [4.78, 5) is -0.464. The molecular weight excluding hydrogens is 291 g/mol. The summed E-state index contributed by atoms with van der Waals surface area (Å²) in [7, 11) is -4.08. The summed E-state index contributed by atoms with van der Waals surface area (Å²) in [5.74, 6) is -0.847. The molecule has 2 aromatic rings. The van der Waals surface area contributed by atoms with Crippen LogP contribution in [0.25, 0.3) is 0 Å². The van der Waals surface area contributed by atoms with Crippen molar-refractivity contribution >= 4 is 33.0 Å². The third-order valence-electron chi connectivity index (χ3n) is 2.41. The van der Waals surface area contributed by atoms with Gasteiger partial charge in [-0.25, -0.2) is 12.8 Å². The van der Waals surface area contributed by atoms with Gasteiger partial charge in [0.05, 0.1) is 16.4 Å². The smallest absolute Gasteiger partial charge is 0.264 e. The Kier molecular flexibility index (Phi) is 3.64. The minimum Gasteiger partial charge on any atom is -0.397 e. The molecule has 0 spiro atoms. The monoisotopic (exact) mass is 300 g/mol. The highest BCUT2D eigenvalue weighted by Gasteiger charge is 2.20. The molecule has 0 heterocycles. The van der Waals surface area contributed by atoms with Gasteiger partial charge in [0.1, 0.15) is 10.7 Å². The van der Waals surface area contributed by atoms with Crippen LogP contribution in [0.1, 0.15) is 0 Å². The van der Waals surface area contributed by atoms with Crippen molar-refractivity contribution in [1.29, 1.82) is 0 Å². The van der Waals surface area contributed by atoms with E-state index in [1.54, 1.807) is 6.07 Å². The molecule has 0 aliphatic heterocycles. The van der Waals surface area contributed by atoms with Crippen molar-refractivity contribution in [3.63, 3.8) is 0 Å². The van der Waals surface area contributed by atoms with Gasteiger partial charge in [-0.3, -0.25) is 4.72 Å². The molecule has 0 aliphatic carbocycles. The van der Waals surface area contributed by atoms with E-state index in [1.807, 2.05) is 0 Å². The van der Waals surface area contributed by atoms with Crippen LogP contribution in [0, 0.1) is 5.82 Å². The minimum absolute atomic E-state index is 0.0346. The van der Waals surface area contributed by atoms with Crippen molar-refractivity contribution < 1.29 is 12.8 Å². The Balaban J connectivity index is 2.46. The first-order chi connectivity index (χ1) is 8.92. The first-order valence-electron chi connectivity index (χ1n) is 5.23. The molecule has 0 bridgehead atoms. The summed E-state index contributed by atoms with van der Waals surface area (Å²) in [6.45, 7) is 0. The van der Waals surface area contributed by atoms with Crippen molar-refractivity contribution in [2.75, 3.05) is 10.5 Å². The second-order valence-corrected chi connectivity index (χ2v) is 5.80. The topological polar surface area (TPSA) is 72.2 Å². The Hall–Kier alpha value is -1.79. The van der Waals surface area contributed by atoms with E-state index in [4.69, 9.17) is 17.3 Å². The lowest BCUT2D eigenvalue weighted by Crippen LogP contribution is -2.15. The fraction of sp³-hybridized carbons (Fsp3) is 0. The average Bonchev–Trinajstić information content (AvgIpc) is 2.34. The molecular formula is C12H10ClFN2O2S. The van der Waals surface area contributed by atoms with Gasteiger partial charge in [0, 0.05) is 0 Å². The number of nitrogen functional groups attached to an aromatic ring is 1. The molecule has 0 amide bonds. The number of hydrogen-bond acceptors (Lipinski definition) is 3. The zero-order valence-corrected chi connectivity index (χ0v) is 11.2. The maximum Gasteiger partial charge on any atom is 0.264 e. The van der Waals surface area contributed by atoms with Crippen LogP contribution in [0.15, 0.2) is 47.4 Å². The van der Waals surface area contributed by atoms with Gasteiger partial charge in [0.2, 0.25) is 0 Å². The zero-order valence-electron chi connectivity index (χ0n) is 9.60. The maximum atomic E-state index is 13.5. The molecule has 4 nitrogen and oxygen atoms in total. The van der Waals surface area contributed by atoms with Crippen LogP contribution in [0.4, 0.5) is 15.8 Å². The predicted octanol–water partition coefficient (Wildman–Crippen LogP) is 2.86. The molecule has 2 aromatic carbocycles. The van der Waals surface area contributed by atoms with E-state index in [2.05, 4.69) is 4.72 Å². The number of para-hydroxylation sites is 1. The summed E-state index contributed by atoms with van der Waals surface area (Å²) in [6.07, 6.45) is 0. The molecule has 2 rings (SSSR count). The van der Waals surface area contributed by atoms with Crippen LogP contribution in [0.2, 0.25) is 5.02 Å². The molecule has 0 aromatic heterocycles. The van der Waals surface area contributed by atoms with Gasteiger partial charge in [0.25, 0.3) is 10.0 Å². The Morgan fingerprint density at radius 3 is 2.42 bits per heavy atom. The Morgan fingerprint density at radius 2 is 1.79 bits per heavy atom. The van der Waals surface area contributed by atoms with Crippen LogP contribution in [-0.4, -0.2) is 8.42 Å². The Labute approximate surface area is 115 Å². The number of sulfonamides is 1. The molecule has 0 unspecified atom stereocenters. The summed E-state index contributed by atoms with van der Waals surface area (Å²) in [5.41, 5.74) is 5.83. The predicted molar refractivity (Wildman–Crippen MR) is 73.1 cm³/mol. The number of benzene rings is 2. The standard InChI is InChI=1S/C12H10ClFN2O2S/c13-8-4-3-6-10(15)12(8)16-19(17,18)11-7-2-1-5-9(11)14/h1-7,16H,15H2. The van der Waals surface area contributed by atoms with E-state index < -0.39 is 20.7 Å². The molecule has 0 radical (unpaired) electrons. The number of anilines is 2. The third-order valence-corrected chi connectivity index (χ3v) is 4.11. The quantitative estimate of drug-likeness (QED) is 0.856. The normalized spacial score (nSPS) is 11.3. The lowest BCUT2D eigenvalue weighted by Gasteiger charge is -2.12. The molecule has 0 atom stereocenters. The van der Waals surface area contributed by atoms with Gasteiger partial charge in [-0.15, -0.1) is 0 Å². The van der Waals surface area contributed by atoms with E-state index in [0.717, 1.165) is 12.1 Å². The van der Waals surface area contributed by atoms with Crippen molar-refractivity contribution in [3.05, 3.63) is 53.3 Å². The van der Waals surface area contributed by atoms with Crippen LogP contribution in [0.3, 0.4) is 0 Å². The molecule has 0 fully saturated rings. The van der Waals surface area contributed by atoms with Crippen molar-refractivity contribution in [1.82, 2.24) is 0 Å². The summed E-state index contributed by atoms with van der Waals surface area (Å²) < 4.78 is 39.8. The SMILES string of the molecule is Nc1cccc(Cl)c1NS(=O)(=O)c1ccccc1F. The van der Waals surface area contributed by atoms with Gasteiger partial charge in [0.15, 0.2) is 0 Å². The van der Waals surface area contributed by atoms with E-state index in [9.17, 15) is 12.8 Å². The number of nitrogens with two attached hydrogens (primary N) is 1. The van der Waals surface area contributed by atoms with E-state index in [0.29, 0.717) is 0 Å². The molecule has 0 saturated carbocycles. The van der Waals surface area contributed by atoms with E-state index >= 15 is 0 Å². The lowest BCUT2D eigenvalue weighted by molar-refractivity contribution is 0.570. The number of hydrogen-bond donors (Lipinski definition) is 2. The molecule has 0 aliphatic rings. The third kappa shape index (κ3) is 2.80. The highest BCUT2D eigenvalue weighted by atomic mass is 35.5. The van der Waals surface area contributed by atoms with Crippen LogP contribution in [-0.2, 0) is 10.0 Å². The number of halogens is 2. The molecule has 3 N–H and O–H groups in total. The minimum atomic E-state index is -4.08. The fourth-order valence-corrected chi connectivity index (χ4v) is 2.97. The summed E-state index contributed by atoms with van der Waals surface area (Å²) >= 11 is 5.86.